The van der Waals surface area contributed by atoms with Crippen LogP contribution in [0.2, 0.25) is 0 Å². The molecule has 0 bridgehead atoms. The molecule has 0 atom stereocenters. The lowest BCUT2D eigenvalue weighted by atomic mass is 10.1. The van der Waals surface area contributed by atoms with Crippen molar-refractivity contribution in [3.8, 4) is 21.1 Å². The van der Waals surface area contributed by atoms with Gasteiger partial charge in [-0.15, -0.1) is 10.2 Å². The number of hydrogen-bond acceptors (Lipinski definition) is 3. The fourth-order valence-electron chi connectivity index (χ4n) is 2.69. The molecule has 0 radical (unpaired) electrons. The summed E-state index contributed by atoms with van der Waals surface area (Å²) in [6, 6.07) is 18.9. The third-order valence-electron chi connectivity index (χ3n) is 3.88. The van der Waals surface area contributed by atoms with E-state index in [2.05, 4.69) is 10.2 Å². The molecule has 4 rings (SSSR count). The van der Waals surface area contributed by atoms with Crippen molar-refractivity contribution < 1.29 is 13.2 Å². The minimum absolute atomic E-state index is 0.416. The van der Waals surface area contributed by atoms with Gasteiger partial charge in [0.25, 0.3) is 0 Å². The van der Waals surface area contributed by atoms with Gasteiger partial charge in [0, 0.05) is 11.1 Å². The maximum Gasteiger partial charge on any atom is 0.416 e. The van der Waals surface area contributed by atoms with Gasteiger partial charge in [0.15, 0.2) is 0 Å². The van der Waals surface area contributed by atoms with E-state index in [1.165, 1.54) is 17.4 Å². The van der Waals surface area contributed by atoms with E-state index in [1.54, 1.807) is 6.07 Å². The van der Waals surface area contributed by atoms with Crippen molar-refractivity contribution in [2.75, 3.05) is 0 Å². The van der Waals surface area contributed by atoms with Crippen LogP contribution in [0.25, 0.3) is 31.9 Å². The Morgan fingerprint density at radius 2 is 1.48 bits per heavy atom. The van der Waals surface area contributed by atoms with Crippen molar-refractivity contribution in [1.29, 1.82) is 0 Å². The van der Waals surface area contributed by atoms with Gasteiger partial charge >= 0.3 is 6.18 Å². The van der Waals surface area contributed by atoms with Gasteiger partial charge in [-0.05, 0) is 22.9 Å². The third-order valence-corrected chi connectivity index (χ3v) is 4.89. The van der Waals surface area contributed by atoms with E-state index in [4.69, 9.17) is 0 Å². The maximum atomic E-state index is 12.9. The highest BCUT2D eigenvalue weighted by atomic mass is 32.1. The van der Waals surface area contributed by atoms with E-state index < -0.39 is 11.7 Å². The molecule has 0 N–H and O–H groups in total. The lowest BCUT2D eigenvalue weighted by Gasteiger charge is -2.06. The van der Waals surface area contributed by atoms with Gasteiger partial charge in [-0.25, -0.2) is 0 Å². The van der Waals surface area contributed by atoms with Crippen LogP contribution in [0.3, 0.4) is 0 Å². The smallest absolute Gasteiger partial charge is 0.166 e. The summed E-state index contributed by atoms with van der Waals surface area (Å²) >= 11 is 1.28. The van der Waals surface area contributed by atoms with E-state index in [0.717, 1.165) is 28.5 Å². The van der Waals surface area contributed by atoms with Crippen LogP contribution in [-0.2, 0) is 6.18 Å². The molecule has 0 fully saturated rings. The van der Waals surface area contributed by atoms with E-state index in [9.17, 15) is 13.2 Å². The molecule has 0 saturated heterocycles. The lowest BCUT2D eigenvalue weighted by Crippen LogP contribution is -2.04. The molecule has 6 heteroatoms. The molecule has 0 amide bonds. The highest BCUT2D eigenvalue weighted by Crippen LogP contribution is 2.36. The second-order valence-corrected chi connectivity index (χ2v) is 6.50. The molecular weight excluding hydrogens is 345 g/mol. The molecule has 0 unspecified atom stereocenters. The first kappa shape index (κ1) is 15.8. The molecular formula is C19H11F3N2S. The van der Waals surface area contributed by atoms with Crippen LogP contribution < -0.4 is 0 Å². The quantitative estimate of drug-likeness (QED) is 0.437. The fraction of sp³-hybridized carbons (Fsp3) is 0.0526. The molecule has 4 aromatic rings. The second kappa shape index (κ2) is 5.97. The van der Waals surface area contributed by atoms with Crippen molar-refractivity contribution in [2.24, 2.45) is 0 Å². The molecule has 1 heterocycles. The van der Waals surface area contributed by atoms with Crippen LogP contribution in [0.5, 0.6) is 0 Å². The summed E-state index contributed by atoms with van der Waals surface area (Å²) in [5, 5.41) is 11.6. The van der Waals surface area contributed by atoms with E-state index >= 15 is 0 Å². The van der Waals surface area contributed by atoms with Crippen molar-refractivity contribution in [2.45, 2.75) is 6.18 Å². The maximum absolute atomic E-state index is 12.9. The summed E-state index contributed by atoms with van der Waals surface area (Å²) in [7, 11) is 0. The van der Waals surface area contributed by atoms with E-state index in [1.807, 2.05) is 42.5 Å². The van der Waals surface area contributed by atoms with Crippen LogP contribution in [-0.4, -0.2) is 10.2 Å². The molecule has 0 saturated carbocycles. The monoisotopic (exact) mass is 356 g/mol. The van der Waals surface area contributed by atoms with Crippen LogP contribution >= 0.6 is 11.3 Å². The van der Waals surface area contributed by atoms with Gasteiger partial charge in [-0.3, -0.25) is 0 Å². The topological polar surface area (TPSA) is 25.8 Å². The van der Waals surface area contributed by atoms with E-state index in [-0.39, 0.29) is 0 Å². The normalized spacial score (nSPS) is 11.8. The second-order valence-electron chi connectivity index (χ2n) is 5.52. The number of rotatable bonds is 2. The average molecular weight is 356 g/mol. The van der Waals surface area contributed by atoms with Gasteiger partial charge in [0.05, 0.1) is 5.56 Å². The molecule has 2 nitrogen and oxygen atoms in total. The van der Waals surface area contributed by atoms with Crippen LogP contribution in [0.1, 0.15) is 5.56 Å². The molecule has 0 aliphatic carbocycles. The zero-order chi connectivity index (χ0) is 17.4. The first-order valence-corrected chi connectivity index (χ1v) is 8.33. The molecule has 0 aliphatic rings. The summed E-state index contributed by atoms with van der Waals surface area (Å²) in [6.07, 6.45) is -4.38. The molecule has 25 heavy (non-hydrogen) atoms. The Morgan fingerprint density at radius 1 is 0.760 bits per heavy atom. The third kappa shape index (κ3) is 3.00. The molecule has 3 aromatic carbocycles. The average Bonchev–Trinajstić information content (AvgIpc) is 3.10. The predicted molar refractivity (Wildman–Crippen MR) is 93.3 cm³/mol. The number of benzene rings is 3. The zero-order valence-corrected chi connectivity index (χ0v) is 13.6. The van der Waals surface area contributed by atoms with Crippen LogP contribution in [0, 0.1) is 0 Å². The van der Waals surface area contributed by atoms with Gasteiger partial charge in [-0.2, -0.15) is 13.2 Å². The Labute approximate surface area is 145 Å². The van der Waals surface area contributed by atoms with Gasteiger partial charge in [0.2, 0.25) is 0 Å². The Bertz CT molecular complexity index is 1050. The number of alkyl halides is 3. The summed E-state index contributed by atoms with van der Waals surface area (Å²) in [4.78, 5) is 0. The van der Waals surface area contributed by atoms with Crippen molar-refractivity contribution in [3.05, 3.63) is 72.3 Å². The summed E-state index contributed by atoms with van der Waals surface area (Å²) in [6.45, 7) is 0. The van der Waals surface area contributed by atoms with Crippen molar-refractivity contribution in [3.63, 3.8) is 0 Å². The first-order valence-electron chi connectivity index (χ1n) is 7.52. The molecule has 1 aromatic heterocycles. The summed E-state index contributed by atoms with van der Waals surface area (Å²) < 4.78 is 38.7. The number of hydrogen-bond donors (Lipinski definition) is 0. The summed E-state index contributed by atoms with van der Waals surface area (Å²) in [5.74, 6) is 0. The number of halogens is 3. The van der Waals surface area contributed by atoms with Gasteiger partial charge < -0.3 is 0 Å². The number of aromatic nitrogens is 2. The number of fused-ring (bicyclic) bond motifs is 1. The number of nitrogens with zero attached hydrogens (tertiary/aromatic N) is 2. The Morgan fingerprint density at radius 3 is 2.32 bits per heavy atom. The Kier molecular flexibility index (Phi) is 3.77. The minimum atomic E-state index is -4.38. The molecule has 124 valence electrons. The molecule has 0 aliphatic heterocycles. The molecule has 0 spiro atoms. The SMILES string of the molecule is FC(F)(F)c1cccc(-c2nnc(-c3cccc4ccccc34)s2)c1. The Balaban J connectivity index is 1.78. The standard InChI is InChI=1S/C19H11F3N2S/c20-19(21,22)14-8-3-7-13(11-14)17-23-24-18(25-17)16-10-4-6-12-5-1-2-9-15(12)16/h1-11H. The predicted octanol–water partition coefficient (Wildman–Crippen LogP) is 6.04. The highest BCUT2D eigenvalue weighted by Gasteiger charge is 2.30. The first-order chi connectivity index (χ1) is 12.0. The van der Waals surface area contributed by atoms with Crippen molar-refractivity contribution in [1.82, 2.24) is 10.2 Å². The highest BCUT2D eigenvalue weighted by molar-refractivity contribution is 7.18. The zero-order valence-electron chi connectivity index (χ0n) is 12.8. The minimum Gasteiger partial charge on any atom is -0.166 e. The largest absolute Gasteiger partial charge is 0.416 e. The van der Waals surface area contributed by atoms with Gasteiger partial charge in [-0.1, -0.05) is 65.9 Å². The van der Waals surface area contributed by atoms with Crippen LogP contribution in [0.15, 0.2) is 66.7 Å². The van der Waals surface area contributed by atoms with Crippen LogP contribution in [0.4, 0.5) is 13.2 Å². The lowest BCUT2D eigenvalue weighted by molar-refractivity contribution is -0.137. The fourth-order valence-corrected chi connectivity index (χ4v) is 3.57. The van der Waals surface area contributed by atoms with Crippen molar-refractivity contribution >= 4 is 22.1 Å². The Hall–Kier alpha value is -2.73. The van der Waals surface area contributed by atoms with E-state index in [0.29, 0.717) is 15.6 Å². The summed E-state index contributed by atoms with van der Waals surface area (Å²) in [5.41, 5.74) is 0.652. The van der Waals surface area contributed by atoms with Gasteiger partial charge in [0.1, 0.15) is 10.0 Å².